The maximum absolute atomic E-state index is 13.8. The fraction of sp³-hybridized carbons (Fsp3) is 0.278. The molecule has 0 aromatic heterocycles. The minimum Gasteiger partial charge on any atom is -0.293 e. The van der Waals surface area contributed by atoms with E-state index < -0.39 is 11.8 Å². The lowest BCUT2D eigenvalue weighted by molar-refractivity contribution is -0.513. The van der Waals surface area contributed by atoms with Gasteiger partial charge in [0.05, 0.1) is 25.0 Å². The Morgan fingerprint density at radius 1 is 0.537 bits per heavy atom. The molecule has 0 aliphatic rings. The fourth-order valence-corrected chi connectivity index (χ4v) is 5.73. The molecule has 2 atom stereocenters. The maximum atomic E-state index is 13.8. The van der Waals surface area contributed by atoms with E-state index in [2.05, 4.69) is 0 Å². The zero-order valence-corrected chi connectivity index (χ0v) is 24.7. The Balaban J connectivity index is 1.48. The number of hydrogen-bond acceptors (Lipinski definition) is 5. The van der Waals surface area contributed by atoms with Gasteiger partial charge in [0.2, 0.25) is 0 Å². The van der Waals surface area contributed by atoms with E-state index in [1.807, 2.05) is 126 Å². The van der Waals surface area contributed by atoms with Crippen molar-refractivity contribution in [2.24, 2.45) is 0 Å². The Morgan fingerprint density at radius 2 is 0.854 bits per heavy atom. The number of carbonyl (C=O) groups excluding carboxylic acids is 2. The van der Waals surface area contributed by atoms with Crippen molar-refractivity contribution in [2.45, 2.75) is 53.4 Å². The number of carbonyl (C=O) groups is 2. The first kappa shape index (κ1) is 30.1. The topological polar surface area (TPSA) is 61.8 Å². The highest BCUT2D eigenvalue weighted by Gasteiger charge is 2.28. The summed E-state index contributed by atoms with van der Waals surface area (Å²) < 4.78 is 0. The highest BCUT2D eigenvalue weighted by molar-refractivity contribution is 6.04. The molecule has 0 aliphatic heterocycles. The highest BCUT2D eigenvalue weighted by atomic mass is 17.5. The van der Waals surface area contributed by atoms with Gasteiger partial charge in [0.1, 0.15) is 0 Å². The van der Waals surface area contributed by atoms with Crippen LogP contribution in [0.3, 0.4) is 0 Å². The van der Waals surface area contributed by atoms with E-state index in [4.69, 9.17) is 14.8 Å². The van der Waals surface area contributed by atoms with Crippen LogP contribution in [0.4, 0.5) is 0 Å². The van der Waals surface area contributed by atoms with Gasteiger partial charge < -0.3 is 0 Å². The predicted molar refractivity (Wildman–Crippen MR) is 161 cm³/mol. The Morgan fingerprint density at radius 3 is 1.17 bits per heavy atom. The lowest BCUT2D eigenvalue weighted by atomic mass is 9.86. The van der Waals surface area contributed by atoms with Crippen LogP contribution in [0.1, 0.15) is 77.1 Å². The lowest BCUT2D eigenvalue weighted by Crippen LogP contribution is -2.23. The summed E-state index contributed by atoms with van der Waals surface area (Å²) in [4.78, 5) is 38.5. The van der Waals surface area contributed by atoms with Gasteiger partial charge in [-0.05, 0) is 74.9 Å². The van der Waals surface area contributed by atoms with Crippen molar-refractivity contribution in [3.8, 4) is 0 Å². The second-order valence-electron chi connectivity index (χ2n) is 10.8. The van der Waals surface area contributed by atoms with Crippen LogP contribution in [0.15, 0.2) is 84.9 Å². The molecule has 0 spiro atoms. The zero-order chi connectivity index (χ0) is 29.5. The fourth-order valence-electron chi connectivity index (χ4n) is 5.73. The molecule has 0 bridgehead atoms. The maximum Gasteiger partial charge on any atom is 0.173 e. The van der Waals surface area contributed by atoms with Crippen LogP contribution in [0, 0.1) is 41.5 Å². The Hall–Kier alpha value is -3.90. The molecule has 0 heterocycles. The summed E-state index contributed by atoms with van der Waals surface area (Å²) in [6.07, 6.45) is 0. The van der Waals surface area contributed by atoms with Crippen LogP contribution < -0.4 is 0 Å². The molecule has 5 nitrogen and oxygen atoms in total. The third-order valence-electron chi connectivity index (χ3n) is 7.45. The lowest BCUT2D eigenvalue weighted by Gasteiger charge is -2.20. The SMILES string of the molecule is Cc1cc(C)c(C(=O)C(COOOCC(C(=O)c2c(C)cc(C)cc2C)c2ccccc2)c2ccccc2)c(C)c1. The van der Waals surface area contributed by atoms with Gasteiger partial charge in [0.25, 0.3) is 0 Å². The Kier molecular flexibility index (Phi) is 10.0. The monoisotopic (exact) mass is 550 g/mol. The summed E-state index contributed by atoms with van der Waals surface area (Å²) in [6, 6.07) is 27.1. The molecule has 5 heteroatoms. The van der Waals surface area contributed by atoms with Crippen molar-refractivity contribution in [2.75, 3.05) is 13.2 Å². The van der Waals surface area contributed by atoms with E-state index in [-0.39, 0.29) is 24.8 Å². The molecule has 4 aromatic carbocycles. The summed E-state index contributed by atoms with van der Waals surface area (Å²) in [6.45, 7) is 11.8. The molecule has 212 valence electrons. The number of ketones is 2. The molecular formula is C36H38O5. The van der Waals surface area contributed by atoms with Gasteiger partial charge in [0, 0.05) is 11.1 Å². The second-order valence-corrected chi connectivity index (χ2v) is 10.8. The molecule has 0 radical (unpaired) electrons. The summed E-state index contributed by atoms with van der Waals surface area (Å²) in [5.74, 6) is -1.27. The molecule has 2 unspecified atom stereocenters. The van der Waals surface area contributed by atoms with Gasteiger partial charge >= 0.3 is 0 Å². The van der Waals surface area contributed by atoms with Crippen molar-refractivity contribution in [3.63, 3.8) is 0 Å². The van der Waals surface area contributed by atoms with Crippen molar-refractivity contribution in [3.05, 3.63) is 141 Å². The van der Waals surface area contributed by atoms with Gasteiger partial charge in [-0.3, -0.25) is 9.59 Å². The van der Waals surface area contributed by atoms with E-state index >= 15 is 0 Å². The van der Waals surface area contributed by atoms with Crippen LogP contribution in [-0.4, -0.2) is 24.8 Å². The number of Topliss-reactive ketones (excluding diaryl/α,β-unsaturated/α-hetero) is 2. The standard InChI is InChI=1S/C36H38O5/c1-23-17-25(3)33(26(4)18-23)35(37)31(29-13-9-7-10-14-29)21-39-41-40-22-32(30-15-11-8-12-16-30)36(38)34-27(5)19-24(2)20-28(34)6/h7-20,31-32H,21-22H2,1-6H3. The Labute approximate surface area is 243 Å². The molecular weight excluding hydrogens is 512 g/mol. The van der Waals surface area contributed by atoms with Gasteiger partial charge in [-0.25, -0.2) is 9.78 Å². The minimum absolute atomic E-state index is 0.0440. The first-order chi connectivity index (χ1) is 19.7. The summed E-state index contributed by atoms with van der Waals surface area (Å²) in [7, 11) is 0. The molecule has 0 N–H and O–H groups in total. The third kappa shape index (κ3) is 7.25. The van der Waals surface area contributed by atoms with E-state index in [9.17, 15) is 9.59 Å². The molecule has 0 amide bonds. The van der Waals surface area contributed by atoms with Gasteiger partial charge in [0.15, 0.2) is 11.6 Å². The summed E-state index contributed by atoms with van der Waals surface area (Å²) >= 11 is 0. The highest BCUT2D eigenvalue weighted by Crippen LogP contribution is 2.28. The smallest absolute Gasteiger partial charge is 0.173 e. The molecule has 0 aliphatic carbocycles. The van der Waals surface area contributed by atoms with Gasteiger partial charge in [-0.1, -0.05) is 101 Å². The average molecular weight is 551 g/mol. The number of aryl methyl sites for hydroxylation is 6. The number of hydrogen-bond donors (Lipinski definition) is 0. The van der Waals surface area contributed by atoms with Crippen molar-refractivity contribution < 1.29 is 24.4 Å². The van der Waals surface area contributed by atoms with Crippen LogP contribution in [-0.2, 0) is 14.8 Å². The number of benzene rings is 4. The zero-order valence-electron chi connectivity index (χ0n) is 24.7. The second kappa shape index (κ2) is 13.6. The largest absolute Gasteiger partial charge is 0.293 e. The average Bonchev–Trinajstić information content (AvgIpc) is 2.92. The van der Waals surface area contributed by atoms with E-state index in [0.29, 0.717) is 11.1 Å². The summed E-state index contributed by atoms with van der Waals surface area (Å²) in [5.41, 5.74) is 8.95. The van der Waals surface area contributed by atoms with Crippen LogP contribution in [0.25, 0.3) is 0 Å². The molecule has 0 fully saturated rings. The van der Waals surface area contributed by atoms with Gasteiger partial charge in [-0.2, -0.15) is 0 Å². The van der Waals surface area contributed by atoms with E-state index in [0.717, 1.165) is 44.5 Å². The van der Waals surface area contributed by atoms with E-state index in [1.165, 1.54) is 0 Å². The van der Waals surface area contributed by atoms with Crippen molar-refractivity contribution in [1.29, 1.82) is 0 Å². The quantitative estimate of drug-likeness (QED) is 0.0773. The van der Waals surface area contributed by atoms with Gasteiger partial charge in [-0.15, -0.1) is 0 Å². The Bertz CT molecular complexity index is 1350. The van der Waals surface area contributed by atoms with Crippen molar-refractivity contribution in [1.82, 2.24) is 0 Å². The molecule has 41 heavy (non-hydrogen) atoms. The first-order valence-electron chi connectivity index (χ1n) is 13.9. The molecule has 4 aromatic rings. The normalized spacial score (nSPS) is 12.6. The molecule has 0 saturated carbocycles. The summed E-state index contributed by atoms with van der Waals surface area (Å²) in [5, 5.41) is 5.16. The molecule has 0 saturated heterocycles. The predicted octanol–water partition coefficient (Wildman–Crippen LogP) is 8.05. The number of rotatable bonds is 12. The molecule has 4 rings (SSSR count). The van der Waals surface area contributed by atoms with E-state index in [1.54, 1.807) is 0 Å². The van der Waals surface area contributed by atoms with Crippen LogP contribution in [0.5, 0.6) is 0 Å². The van der Waals surface area contributed by atoms with Crippen LogP contribution in [0.2, 0.25) is 0 Å². The minimum atomic E-state index is -0.593. The first-order valence-corrected chi connectivity index (χ1v) is 13.9. The van der Waals surface area contributed by atoms with Crippen molar-refractivity contribution >= 4 is 11.6 Å². The third-order valence-corrected chi connectivity index (χ3v) is 7.45. The van der Waals surface area contributed by atoms with Crippen LogP contribution >= 0.6 is 0 Å².